The lowest BCUT2D eigenvalue weighted by atomic mass is 10.1. The van der Waals surface area contributed by atoms with Crippen LogP contribution in [0.15, 0.2) is 18.2 Å². The summed E-state index contributed by atoms with van der Waals surface area (Å²) in [7, 11) is 0. The summed E-state index contributed by atoms with van der Waals surface area (Å²) in [5.74, 6) is -2.07. The summed E-state index contributed by atoms with van der Waals surface area (Å²) >= 11 is 0. The first-order chi connectivity index (χ1) is 8.45. The van der Waals surface area contributed by atoms with Crippen molar-refractivity contribution in [2.75, 3.05) is 19.6 Å². The molecule has 0 saturated carbocycles. The molecule has 0 saturated heterocycles. The van der Waals surface area contributed by atoms with Gasteiger partial charge in [0.25, 0.3) is 12.3 Å². The van der Waals surface area contributed by atoms with Crippen molar-refractivity contribution in [1.29, 1.82) is 0 Å². The second kappa shape index (κ2) is 6.25. The van der Waals surface area contributed by atoms with Gasteiger partial charge in [-0.1, -0.05) is 0 Å². The molecule has 0 aliphatic carbocycles. The Bertz CT molecular complexity index is 427. The fourth-order valence-electron chi connectivity index (χ4n) is 1.45. The van der Waals surface area contributed by atoms with Crippen molar-refractivity contribution >= 4 is 5.91 Å². The van der Waals surface area contributed by atoms with Crippen LogP contribution in [0.2, 0.25) is 0 Å². The van der Waals surface area contributed by atoms with Crippen molar-refractivity contribution in [3.05, 3.63) is 29.6 Å². The van der Waals surface area contributed by atoms with Crippen LogP contribution in [0, 0.1) is 5.82 Å². The molecule has 0 bridgehead atoms. The molecule has 18 heavy (non-hydrogen) atoms. The highest BCUT2D eigenvalue weighted by molar-refractivity contribution is 5.96. The quantitative estimate of drug-likeness (QED) is 0.837. The minimum Gasteiger partial charge on any atom is -0.507 e. The Labute approximate surface area is 102 Å². The van der Waals surface area contributed by atoms with E-state index < -0.39 is 30.4 Å². The molecule has 1 aromatic rings. The summed E-state index contributed by atoms with van der Waals surface area (Å²) in [6.07, 6.45) is -2.73. The Morgan fingerprint density at radius 1 is 1.44 bits per heavy atom. The van der Waals surface area contributed by atoms with Crippen molar-refractivity contribution in [3.63, 3.8) is 0 Å². The lowest BCUT2D eigenvalue weighted by Gasteiger charge is -2.21. The first-order valence-corrected chi connectivity index (χ1v) is 5.21. The van der Waals surface area contributed by atoms with Crippen LogP contribution in [0.4, 0.5) is 13.2 Å². The number of amides is 1. The van der Waals surface area contributed by atoms with Gasteiger partial charge in [0.05, 0.1) is 12.1 Å². The highest BCUT2D eigenvalue weighted by Gasteiger charge is 2.22. The summed E-state index contributed by atoms with van der Waals surface area (Å²) in [6, 6.07) is 2.75. The highest BCUT2D eigenvalue weighted by Crippen LogP contribution is 2.20. The molecule has 0 aliphatic heterocycles. The average molecular weight is 262 g/mol. The molecular formula is C11H13F3N2O2. The summed E-state index contributed by atoms with van der Waals surface area (Å²) in [4.78, 5) is 12.6. The molecule has 4 nitrogen and oxygen atoms in total. The summed E-state index contributed by atoms with van der Waals surface area (Å²) in [5.41, 5.74) is 4.86. The molecule has 0 heterocycles. The molecule has 7 heteroatoms. The maximum atomic E-state index is 13.0. The van der Waals surface area contributed by atoms with E-state index >= 15 is 0 Å². The molecular weight excluding hydrogens is 249 g/mol. The zero-order valence-corrected chi connectivity index (χ0v) is 9.44. The van der Waals surface area contributed by atoms with Gasteiger partial charge in [0.2, 0.25) is 0 Å². The monoisotopic (exact) mass is 262 g/mol. The van der Waals surface area contributed by atoms with Gasteiger partial charge in [-0.2, -0.15) is 0 Å². The Balaban J connectivity index is 2.97. The fraction of sp³-hybridized carbons (Fsp3) is 0.364. The van der Waals surface area contributed by atoms with Crippen molar-refractivity contribution in [3.8, 4) is 5.75 Å². The summed E-state index contributed by atoms with van der Waals surface area (Å²) < 4.78 is 37.6. The van der Waals surface area contributed by atoms with Crippen LogP contribution in [-0.2, 0) is 0 Å². The number of aromatic hydroxyl groups is 1. The highest BCUT2D eigenvalue weighted by atomic mass is 19.3. The number of hydrogen-bond donors (Lipinski definition) is 2. The number of nitrogens with two attached hydrogens (primary N) is 1. The molecule has 1 aromatic carbocycles. The minimum absolute atomic E-state index is 0.00542. The molecule has 0 atom stereocenters. The first kappa shape index (κ1) is 14.3. The number of alkyl halides is 2. The maximum absolute atomic E-state index is 13.0. The van der Waals surface area contributed by atoms with Gasteiger partial charge < -0.3 is 15.7 Å². The number of carbonyl (C=O) groups is 1. The number of carbonyl (C=O) groups excluding carboxylic acids is 1. The zero-order chi connectivity index (χ0) is 13.7. The van der Waals surface area contributed by atoms with E-state index in [9.17, 15) is 23.1 Å². The predicted octanol–water partition coefficient (Wildman–Crippen LogP) is 1.20. The van der Waals surface area contributed by atoms with E-state index in [2.05, 4.69) is 0 Å². The molecule has 0 spiro atoms. The Kier molecular flexibility index (Phi) is 4.96. The number of hydrogen-bond acceptors (Lipinski definition) is 3. The number of nitrogens with zero attached hydrogens (tertiary/aromatic N) is 1. The lowest BCUT2D eigenvalue weighted by Crippen LogP contribution is -2.38. The van der Waals surface area contributed by atoms with Crippen LogP contribution in [-0.4, -0.2) is 42.0 Å². The molecule has 0 radical (unpaired) electrons. The van der Waals surface area contributed by atoms with Crippen molar-refractivity contribution in [1.82, 2.24) is 4.90 Å². The van der Waals surface area contributed by atoms with E-state index in [0.717, 1.165) is 23.1 Å². The second-order valence-corrected chi connectivity index (χ2v) is 3.59. The Morgan fingerprint density at radius 3 is 2.67 bits per heavy atom. The van der Waals surface area contributed by atoms with Crippen LogP contribution in [0.1, 0.15) is 10.4 Å². The smallest absolute Gasteiger partial charge is 0.257 e. The summed E-state index contributed by atoms with van der Waals surface area (Å²) in [5, 5.41) is 9.42. The number of benzene rings is 1. The van der Waals surface area contributed by atoms with E-state index in [-0.39, 0.29) is 18.7 Å². The molecule has 3 N–H and O–H groups in total. The second-order valence-electron chi connectivity index (χ2n) is 3.59. The molecule has 0 fully saturated rings. The minimum atomic E-state index is -2.73. The van der Waals surface area contributed by atoms with E-state index in [0.29, 0.717) is 0 Å². The largest absolute Gasteiger partial charge is 0.507 e. The number of rotatable bonds is 5. The predicted molar refractivity (Wildman–Crippen MR) is 59.0 cm³/mol. The number of phenolic OH excluding ortho intramolecular Hbond substituents is 1. The van der Waals surface area contributed by atoms with Gasteiger partial charge in [-0.15, -0.1) is 0 Å². The van der Waals surface area contributed by atoms with Gasteiger partial charge >= 0.3 is 0 Å². The van der Waals surface area contributed by atoms with Crippen LogP contribution in [0.25, 0.3) is 0 Å². The maximum Gasteiger partial charge on any atom is 0.257 e. The molecule has 1 rings (SSSR count). The molecule has 0 unspecified atom stereocenters. The number of phenols is 1. The molecule has 1 amide bonds. The first-order valence-electron chi connectivity index (χ1n) is 5.21. The molecule has 0 aliphatic rings. The standard InChI is InChI=1S/C11H13F3N2O2/c12-7-1-2-9(17)8(5-7)11(18)16(4-3-15)6-10(13)14/h1-2,5,10,17H,3-4,6,15H2. The van der Waals surface area contributed by atoms with Crippen LogP contribution in [0.5, 0.6) is 5.75 Å². The average Bonchev–Trinajstić information content (AvgIpc) is 2.30. The zero-order valence-electron chi connectivity index (χ0n) is 9.44. The van der Waals surface area contributed by atoms with Crippen molar-refractivity contribution in [2.45, 2.75) is 6.43 Å². The van der Waals surface area contributed by atoms with Crippen LogP contribution >= 0.6 is 0 Å². The SMILES string of the molecule is NCCN(CC(F)F)C(=O)c1cc(F)ccc1O. The summed E-state index contributed by atoms with van der Waals surface area (Å²) in [6.45, 7) is -0.917. The van der Waals surface area contributed by atoms with Gasteiger partial charge in [0.1, 0.15) is 11.6 Å². The van der Waals surface area contributed by atoms with E-state index in [1.54, 1.807) is 0 Å². The van der Waals surface area contributed by atoms with Crippen LogP contribution in [0.3, 0.4) is 0 Å². The van der Waals surface area contributed by atoms with Gasteiger partial charge in [0, 0.05) is 13.1 Å². The third kappa shape index (κ3) is 3.63. The molecule has 100 valence electrons. The van der Waals surface area contributed by atoms with Gasteiger partial charge in [0.15, 0.2) is 0 Å². The van der Waals surface area contributed by atoms with Gasteiger partial charge in [-0.25, -0.2) is 13.2 Å². The topological polar surface area (TPSA) is 66.6 Å². The van der Waals surface area contributed by atoms with Gasteiger partial charge in [-0.05, 0) is 18.2 Å². The van der Waals surface area contributed by atoms with E-state index in [4.69, 9.17) is 5.73 Å². The number of halogens is 3. The Hall–Kier alpha value is -1.76. The third-order valence-electron chi connectivity index (χ3n) is 2.23. The fourth-order valence-corrected chi connectivity index (χ4v) is 1.45. The Morgan fingerprint density at radius 2 is 2.11 bits per heavy atom. The van der Waals surface area contributed by atoms with Crippen LogP contribution < -0.4 is 5.73 Å². The third-order valence-corrected chi connectivity index (χ3v) is 2.23. The lowest BCUT2D eigenvalue weighted by molar-refractivity contribution is 0.0560. The normalized spacial score (nSPS) is 10.7. The van der Waals surface area contributed by atoms with Gasteiger partial charge in [-0.3, -0.25) is 4.79 Å². The molecule has 0 aromatic heterocycles. The van der Waals surface area contributed by atoms with Crippen molar-refractivity contribution in [2.24, 2.45) is 5.73 Å². The van der Waals surface area contributed by atoms with Crippen molar-refractivity contribution < 1.29 is 23.1 Å². The van der Waals surface area contributed by atoms with E-state index in [1.807, 2.05) is 0 Å². The van der Waals surface area contributed by atoms with E-state index in [1.165, 1.54) is 0 Å².